The molecule has 0 bridgehead atoms. The van der Waals surface area contributed by atoms with Crippen molar-refractivity contribution < 1.29 is 9.53 Å². The average molecular weight is 250 g/mol. The number of rotatable bonds is 3. The van der Waals surface area contributed by atoms with Gasteiger partial charge in [-0.3, -0.25) is 0 Å². The summed E-state index contributed by atoms with van der Waals surface area (Å²) in [4.78, 5) is 13.6. The van der Waals surface area contributed by atoms with E-state index in [0.717, 1.165) is 13.1 Å². The third-order valence-electron chi connectivity index (χ3n) is 3.73. The molecule has 0 radical (unpaired) electrons. The lowest BCUT2D eigenvalue weighted by atomic mass is 10.2. The number of carbonyl (C=O) groups excluding carboxylic acids is 1. The maximum absolute atomic E-state index is 11.8. The Balaban J connectivity index is 1.50. The van der Waals surface area contributed by atoms with Crippen molar-refractivity contribution in [2.45, 2.75) is 19.9 Å². The Kier molecular flexibility index (Phi) is 2.72. The van der Waals surface area contributed by atoms with E-state index in [1.54, 1.807) is 12.7 Å². The number of carbonyl (C=O) groups is 1. The van der Waals surface area contributed by atoms with Crippen molar-refractivity contribution in [3.63, 3.8) is 0 Å². The molecule has 1 aliphatic carbocycles. The molecule has 0 aromatic carbocycles. The van der Waals surface area contributed by atoms with Gasteiger partial charge in [0.25, 0.3) is 0 Å². The molecule has 1 aromatic rings. The van der Waals surface area contributed by atoms with E-state index >= 15 is 0 Å². The molecule has 1 aromatic heterocycles. The zero-order valence-electron chi connectivity index (χ0n) is 10.7. The van der Waals surface area contributed by atoms with Crippen LogP contribution in [0.15, 0.2) is 12.7 Å². The molecule has 1 aliphatic heterocycles. The molecule has 0 N–H and O–H groups in total. The summed E-state index contributed by atoms with van der Waals surface area (Å²) in [5.74, 6) is 1.48. The summed E-state index contributed by atoms with van der Waals surface area (Å²) in [5.41, 5.74) is 0. The number of amides is 1. The highest BCUT2D eigenvalue weighted by molar-refractivity contribution is 5.68. The van der Waals surface area contributed by atoms with Crippen molar-refractivity contribution in [2.24, 2.45) is 17.8 Å². The van der Waals surface area contributed by atoms with Gasteiger partial charge >= 0.3 is 6.09 Å². The van der Waals surface area contributed by atoms with Crippen LogP contribution in [0.2, 0.25) is 0 Å². The minimum absolute atomic E-state index is 0.168. The summed E-state index contributed by atoms with van der Waals surface area (Å²) in [6.07, 6.45) is 3.34. The fraction of sp³-hybridized carbons (Fsp3) is 0.750. The number of ether oxygens (including phenoxy) is 1. The van der Waals surface area contributed by atoms with Gasteiger partial charge in [-0.25, -0.2) is 4.79 Å². The molecule has 3 atom stereocenters. The van der Waals surface area contributed by atoms with Crippen LogP contribution in [0.3, 0.4) is 0 Å². The number of likely N-dealkylation sites (tertiary alicyclic amines) is 1. The lowest BCUT2D eigenvalue weighted by Gasteiger charge is -2.20. The highest BCUT2D eigenvalue weighted by Gasteiger charge is 2.58. The summed E-state index contributed by atoms with van der Waals surface area (Å²) in [6.45, 7) is 6.17. The first-order chi connectivity index (χ1) is 8.66. The molecule has 1 amide bonds. The van der Waals surface area contributed by atoms with Gasteiger partial charge in [0.1, 0.15) is 12.7 Å². The molecule has 1 saturated carbocycles. The third kappa shape index (κ3) is 1.95. The van der Waals surface area contributed by atoms with Crippen LogP contribution in [0.1, 0.15) is 19.9 Å². The van der Waals surface area contributed by atoms with Crippen LogP contribution in [0.5, 0.6) is 0 Å². The van der Waals surface area contributed by atoms with Gasteiger partial charge in [0.05, 0.1) is 6.61 Å². The van der Waals surface area contributed by atoms with Gasteiger partial charge in [0.15, 0.2) is 0 Å². The molecule has 98 valence electrons. The van der Waals surface area contributed by atoms with Crippen molar-refractivity contribution in [3.8, 4) is 0 Å². The van der Waals surface area contributed by atoms with Crippen LogP contribution >= 0.6 is 0 Å². The highest BCUT2D eigenvalue weighted by atomic mass is 16.6. The molecule has 6 heteroatoms. The van der Waals surface area contributed by atoms with Crippen molar-refractivity contribution in [3.05, 3.63) is 12.7 Å². The Morgan fingerprint density at radius 2 is 1.94 bits per heavy atom. The molecular formula is C12H18N4O2. The lowest BCUT2D eigenvalue weighted by molar-refractivity contribution is 0.0945. The zero-order chi connectivity index (χ0) is 12.7. The molecule has 1 saturated heterocycles. The molecular weight excluding hydrogens is 232 g/mol. The first-order valence-electron chi connectivity index (χ1n) is 6.42. The number of hydrogen-bond donors (Lipinski definition) is 0. The Morgan fingerprint density at radius 1 is 1.33 bits per heavy atom. The van der Waals surface area contributed by atoms with Gasteiger partial charge in [0.2, 0.25) is 0 Å². The quantitative estimate of drug-likeness (QED) is 0.808. The van der Waals surface area contributed by atoms with E-state index in [0.29, 0.717) is 30.4 Å². The maximum atomic E-state index is 11.8. The Hall–Kier alpha value is -1.59. The minimum Gasteiger partial charge on any atom is -0.449 e. The lowest BCUT2D eigenvalue weighted by Crippen LogP contribution is -2.33. The normalized spacial score (nSPS) is 29.5. The second-order valence-corrected chi connectivity index (χ2v) is 5.60. The van der Waals surface area contributed by atoms with Crippen molar-refractivity contribution in [1.29, 1.82) is 0 Å². The number of nitrogens with zero attached hydrogens (tertiary/aromatic N) is 4. The van der Waals surface area contributed by atoms with Gasteiger partial charge in [-0.2, -0.15) is 0 Å². The fourth-order valence-corrected chi connectivity index (χ4v) is 2.78. The molecule has 18 heavy (non-hydrogen) atoms. The molecule has 0 spiro atoms. The topological polar surface area (TPSA) is 60.2 Å². The summed E-state index contributed by atoms with van der Waals surface area (Å²) in [7, 11) is 0. The van der Waals surface area contributed by atoms with E-state index in [9.17, 15) is 4.79 Å². The first kappa shape index (κ1) is 11.5. The van der Waals surface area contributed by atoms with Gasteiger partial charge in [-0.1, -0.05) is 13.8 Å². The van der Waals surface area contributed by atoms with E-state index in [1.165, 1.54) is 0 Å². The van der Waals surface area contributed by atoms with E-state index in [1.807, 2.05) is 23.3 Å². The molecule has 2 aliphatic rings. The number of fused-ring (bicyclic) bond motifs is 1. The van der Waals surface area contributed by atoms with E-state index in [4.69, 9.17) is 4.74 Å². The molecule has 0 unspecified atom stereocenters. The van der Waals surface area contributed by atoms with Crippen molar-refractivity contribution in [1.82, 2.24) is 19.7 Å². The average Bonchev–Trinajstić information content (AvgIpc) is 2.82. The SMILES string of the molecule is CC(C)COC(=O)N1C[C@@H]2[C@H](C1)[C@H]2n1cnnc1. The van der Waals surface area contributed by atoms with Crippen LogP contribution in [-0.4, -0.2) is 45.5 Å². The molecule has 2 fully saturated rings. The summed E-state index contributed by atoms with van der Waals surface area (Å²) in [5, 5.41) is 7.64. The summed E-state index contributed by atoms with van der Waals surface area (Å²) >= 11 is 0. The van der Waals surface area contributed by atoms with Gasteiger partial charge in [0, 0.05) is 31.0 Å². The predicted molar refractivity (Wildman–Crippen MR) is 63.8 cm³/mol. The molecule has 6 nitrogen and oxygen atoms in total. The minimum atomic E-state index is -0.168. The summed E-state index contributed by atoms with van der Waals surface area (Å²) < 4.78 is 7.29. The highest BCUT2D eigenvalue weighted by Crippen LogP contribution is 2.55. The largest absolute Gasteiger partial charge is 0.449 e. The van der Waals surface area contributed by atoms with E-state index < -0.39 is 0 Å². The predicted octanol–water partition coefficient (Wildman–Crippen LogP) is 1.17. The van der Waals surface area contributed by atoms with Crippen LogP contribution in [0, 0.1) is 17.8 Å². The fourth-order valence-electron chi connectivity index (χ4n) is 2.78. The van der Waals surface area contributed by atoms with E-state index in [-0.39, 0.29) is 6.09 Å². The third-order valence-corrected chi connectivity index (χ3v) is 3.73. The van der Waals surface area contributed by atoms with E-state index in [2.05, 4.69) is 10.2 Å². The van der Waals surface area contributed by atoms with Crippen molar-refractivity contribution in [2.75, 3.05) is 19.7 Å². The van der Waals surface area contributed by atoms with Crippen LogP contribution in [0.25, 0.3) is 0 Å². The zero-order valence-corrected chi connectivity index (χ0v) is 10.7. The van der Waals surface area contributed by atoms with Gasteiger partial charge < -0.3 is 14.2 Å². The number of piperidine rings is 1. The van der Waals surface area contributed by atoms with Crippen LogP contribution in [0.4, 0.5) is 4.79 Å². The van der Waals surface area contributed by atoms with Crippen LogP contribution in [-0.2, 0) is 4.74 Å². The second-order valence-electron chi connectivity index (χ2n) is 5.60. The summed E-state index contributed by atoms with van der Waals surface area (Å²) in [6, 6.07) is 0.481. The second kappa shape index (κ2) is 4.26. The number of aromatic nitrogens is 3. The van der Waals surface area contributed by atoms with Crippen molar-refractivity contribution >= 4 is 6.09 Å². The smallest absolute Gasteiger partial charge is 0.409 e. The van der Waals surface area contributed by atoms with Gasteiger partial charge in [-0.15, -0.1) is 10.2 Å². The Bertz CT molecular complexity index is 419. The Labute approximate surface area is 106 Å². The maximum Gasteiger partial charge on any atom is 0.409 e. The van der Waals surface area contributed by atoms with Crippen LogP contribution < -0.4 is 0 Å². The first-order valence-corrected chi connectivity index (χ1v) is 6.42. The van der Waals surface area contributed by atoms with Gasteiger partial charge in [-0.05, 0) is 5.92 Å². The Morgan fingerprint density at radius 3 is 2.50 bits per heavy atom. The standard InChI is InChI=1S/C12H18N4O2/c1-8(2)5-18-12(17)15-3-9-10(4-15)11(9)16-6-13-14-7-16/h6-11H,3-5H2,1-2H3/t9-,10+,11+. The monoisotopic (exact) mass is 250 g/mol. The molecule has 2 heterocycles. The molecule has 3 rings (SSSR count). The number of hydrogen-bond acceptors (Lipinski definition) is 4.